The van der Waals surface area contributed by atoms with Gasteiger partial charge in [-0.25, -0.2) is 0 Å². The number of guanidine groups is 1. The van der Waals surface area contributed by atoms with Crippen LogP contribution in [-0.2, 0) is 9.53 Å². The van der Waals surface area contributed by atoms with Gasteiger partial charge in [-0.3, -0.25) is 14.7 Å². The number of carbonyl (C=O) groups is 1. The summed E-state index contributed by atoms with van der Waals surface area (Å²) in [7, 11) is 3.28. The molecule has 2 aliphatic rings. The van der Waals surface area contributed by atoms with Crippen molar-refractivity contribution in [3.63, 3.8) is 0 Å². The molecular formula is C21H32ClIN4O2. The predicted molar refractivity (Wildman–Crippen MR) is 128 cm³/mol. The maximum atomic E-state index is 11.8. The van der Waals surface area contributed by atoms with E-state index in [-0.39, 0.29) is 41.9 Å². The summed E-state index contributed by atoms with van der Waals surface area (Å²) in [5.74, 6) is 0.801. The zero-order chi connectivity index (χ0) is 19.9. The van der Waals surface area contributed by atoms with Crippen molar-refractivity contribution in [3.8, 4) is 0 Å². The molecule has 1 unspecified atom stereocenters. The maximum absolute atomic E-state index is 11.8. The second kappa shape index (κ2) is 12.0. The van der Waals surface area contributed by atoms with E-state index in [0.717, 1.165) is 56.5 Å². The molecule has 0 amide bonds. The van der Waals surface area contributed by atoms with Crippen molar-refractivity contribution >= 4 is 47.5 Å². The maximum Gasteiger partial charge on any atom is 0.308 e. The van der Waals surface area contributed by atoms with E-state index in [4.69, 9.17) is 16.3 Å². The van der Waals surface area contributed by atoms with Crippen molar-refractivity contribution in [3.05, 3.63) is 34.9 Å². The summed E-state index contributed by atoms with van der Waals surface area (Å²) in [6, 6.07) is 8.43. The average Bonchev–Trinajstić information content (AvgIpc) is 3.25. The Morgan fingerprint density at radius 3 is 2.55 bits per heavy atom. The van der Waals surface area contributed by atoms with Gasteiger partial charge in [0.25, 0.3) is 0 Å². The van der Waals surface area contributed by atoms with Gasteiger partial charge in [-0.1, -0.05) is 23.7 Å². The number of methoxy groups -OCH3 is 1. The highest BCUT2D eigenvalue weighted by Crippen LogP contribution is 2.26. The summed E-state index contributed by atoms with van der Waals surface area (Å²) < 4.78 is 4.89. The number of aliphatic imine (C=N–C) groups is 1. The molecule has 3 rings (SSSR count). The van der Waals surface area contributed by atoms with Gasteiger partial charge in [-0.15, -0.1) is 24.0 Å². The van der Waals surface area contributed by atoms with Gasteiger partial charge >= 0.3 is 5.97 Å². The van der Waals surface area contributed by atoms with Crippen molar-refractivity contribution in [2.45, 2.75) is 31.7 Å². The molecule has 6 nitrogen and oxygen atoms in total. The van der Waals surface area contributed by atoms with Gasteiger partial charge in [-0.05, 0) is 56.5 Å². The summed E-state index contributed by atoms with van der Waals surface area (Å²) in [6.07, 6.45) is 4.09. The molecule has 0 aliphatic carbocycles. The van der Waals surface area contributed by atoms with E-state index in [9.17, 15) is 4.79 Å². The Labute approximate surface area is 196 Å². The molecule has 8 heteroatoms. The number of hydrogen-bond donors (Lipinski definition) is 1. The van der Waals surface area contributed by atoms with Crippen LogP contribution in [0.3, 0.4) is 0 Å². The molecule has 0 radical (unpaired) electrons. The molecule has 2 aliphatic heterocycles. The van der Waals surface area contributed by atoms with Crippen LogP contribution >= 0.6 is 35.6 Å². The molecule has 2 saturated heterocycles. The van der Waals surface area contributed by atoms with Crippen LogP contribution in [0.15, 0.2) is 29.3 Å². The second-order valence-electron chi connectivity index (χ2n) is 7.53. The predicted octanol–water partition coefficient (Wildman–Crippen LogP) is 3.56. The van der Waals surface area contributed by atoms with Gasteiger partial charge in [0.2, 0.25) is 0 Å². The quantitative estimate of drug-likeness (QED) is 0.271. The van der Waals surface area contributed by atoms with E-state index in [1.807, 2.05) is 19.2 Å². The minimum Gasteiger partial charge on any atom is -0.469 e. The molecular weight excluding hydrogens is 503 g/mol. The lowest BCUT2D eigenvalue weighted by Crippen LogP contribution is -2.48. The van der Waals surface area contributed by atoms with Crippen LogP contribution in [0.4, 0.5) is 0 Å². The minimum atomic E-state index is -0.0994. The summed E-state index contributed by atoms with van der Waals surface area (Å²) in [4.78, 5) is 21.0. The Bertz CT molecular complexity index is 689. The Morgan fingerprint density at radius 1 is 1.28 bits per heavy atom. The van der Waals surface area contributed by atoms with Gasteiger partial charge in [0.1, 0.15) is 0 Å². The molecule has 162 valence electrons. The number of hydrogen-bond acceptors (Lipinski definition) is 4. The van der Waals surface area contributed by atoms with Crippen molar-refractivity contribution in [2.24, 2.45) is 10.9 Å². The lowest BCUT2D eigenvalue weighted by molar-refractivity contribution is -0.146. The largest absolute Gasteiger partial charge is 0.469 e. The smallest absolute Gasteiger partial charge is 0.308 e. The lowest BCUT2D eigenvalue weighted by Gasteiger charge is -2.35. The van der Waals surface area contributed by atoms with Crippen molar-refractivity contribution in [2.75, 3.05) is 46.9 Å². The monoisotopic (exact) mass is 534 g/mol. The third kappa shape index (κ3) is 6.46. The summed E-state index contributed by atoms with van der Waals surface area (Å²) in [6.45, 7) is 4.63. The van der Waals surface area contributed by atoms with Crippen molar-refractivity contribution in [1.82, 2.24) is 15.1 Å². The number of ether oxygens (including phenoxy) is 1. The molecule has 1 aromatic rings. The number of nitrogens with zero attached hydrogens (tertiary/aromatic N) is 3. The van der Waals surface area contributed by atoms with Crippen LogP contribution in [0.5, 0.6) is 0 Å². The molecule has 1 aromatic carbocycles. The zero-order valence-corrected chi connectivity index (χ0v) is 20.4. The molecule has 2 heterocycles. The third-order valence-electron chi connectivity index (χ3n) is 5.81. The Hall–Kier alpha value is -1.06. The number of rotatable bonds is 5. The Balaban J connectivity index is 0.00000300. The number of esters is 1. The molecule has 1 atom stereocenters. The summed E-state index contributed by atoms with van der Waals surface area (Å²) in [5.41, 5.74) is 1.24. The van der Waals surface area contributed by atoms with Crippen LogP contribution in [0.2, 0.25) is 5.02 Å². The van der Waals surface area contributed by atoms with E-state index in [2.05, 4.69) is 32.2 Å². The molecule has 29 heavy (non-hydrogen) atoms. The summed E-state index contributed by atoms with van der Waals surface area (Å²) in [5, 5.41) is 4.34. The fourth-order valence-corrected chi connectivity index (χ4v) is 4.44. The zero-order valence-electron chi connectivity index (χ0n) is 17.3. The molecule has 0 spiro atoms. The minimum absolute atomic E-state index is 0. The van der Waals surface area contributed by atoms with Crippen molar-refractivity contribution < 1.29 is 9.53 Å². The lowest BCUT2D eigenvalue weighted by atomic mass is 9.97. The topological polar surface area (TPSA) is 57.2 Å². The van der Waals surface area contributed by atoms with Gasteiger partial charge < -0.3 is 15.0 Å². The first-order valence-electron chi connectivity index (χ1n) is 10.2. The number of halogens is 2. The van der Waals surface area contributed by atoms with Crippen LogP contribution in [0, 0.1) is 5.92 Å². The van der Waals surface area contributed by atoms with E-state index in [0.29, 0.717) is 0 Å². The highest BCUT2D eigenvalue weighted by Gasteiger charge is 2.28. The van der Waals surface area contributed by atoms with E-state index >= 15 is 0 Å². The number of likely N-dealkylation sites (tertiary alicyclic amines) is 2. The first kappa shape index (κ1) is 24.2. The van der Waals surface area contributed by atoms with Gasteiger partial charge in [0, 0.05) is 31.7 Å². The molecule has 0 aromatic heterocycles. The second-order valence-corrected chi connectivity index (χ2v) is 7.96. The van der Waals surface area contributed by atoms with E-state index < -0.39 is 0 Å². The van der Waals surface area contributed by atoms with Crippen LogP contribution in [0.1, 0.15) is 37.3 Å². The molecule has 1 N–H and O–H groups in total. The molecule has 0 saturated carbocycles. The SMILES string of the molecule is CN=C(NCC(c1cccc(Cl)c1)N1CCCC1)N1CCC(C(=O)OC)CC1.I. The van der Waals surface area contributed by atoms with Crippen molar-refractivity contribution in [1.29, 1.82) is 0 Å². The van der Waals surface area contributed by atoms with E-state index in [1.165, 1.54) is 25.5 Å². The standard InChI is InChI=1S/C21H31ClN4O2.HI/c1-23-21(26-12-8-16(9-13-26)20(27)28-2)24-15-19(25-10-3-4-11-25)17-6-5-7-18(22)14-17;/h5-7,14,16,19H,3-4,8-13,15H2,1-2H3,(H,23,24);1H. The number of carbonyl (C=O) groups excluding carboxylic acids is 1. The molecule has 0 bridgehead atoms. The Morgan fingerprint density at radius 2 is 1.97 bits per heavy atom. The van der Waals surface area contributed by atoms with Crippen LogP contribution in [-0.4, -0.2) is 68.6 Å². The molecule has 2 fully saturated rings. The normalized spacial score (nSPS) is 19.6. The number of nitrogens with one attached hydrogen (secondary N) is 1. The van der Waals surface area contributed by atoms with Gasteiger partial charge in [0.05, 0.1) is 19.1 Å². The van der Waals surface area contributed by atoms with Crippen LogP contribution in [0.25, 0.3) is 0 Å². The van der Waals surface area contributed by atoms with Crippen LogP contribution < -0.4 is 5.32 Å². The third-order valence-corrected chi connectivity index (χ3v) is 6.04. The van der Waals surface area contributed by atoms with E-state index in [1.54, 1.807) is 0 Å². The average molecular weight is 535 g/mol. The number of benzene rings is 1. The summed E-state index contributed by atoms with van der Waals surface area (Å²) >= 11 is 6.25. The highest BCUT2D eigenvalue weighted by molar-refractivity contribution is 14.0. The Kier molecular flexibility index (Phi) is 9.98. The highest BCUT2D eigenvalue weighted by atomic mass is 127. The van der Waals surface area contributed by atoms with Gasteiger partial charge in [0.15, 0.2) is 5.96 Å². The fourth-order valence-electron chi connectivity index (χ4n) is 4.24. The number of piperidine rings is 1. The first-order chi connectivity index (χ1) is 13.6. The first-order valence-corrected chi connectivity index (χ1v) is 10.5. The van der Waals surface area contributed by atoms with Gasteiger partial charge in [-0.2, -0.15) is 0 Å². The fraction of sp³-hybridized carbons (Fsp3) is 0.619.